The lowest BCUT2D eigenvalue weighted by atomic mass is 10.4. The van der Waals surface area contributed by atoms with Crippen LogP contribution in [0, 0.1) is 0 Å². The molecule has 0 unspecified atom stereocenters. The number of imide groups is 1. The number of hydrogen-bond donors (Lipinski definition) is 0. The summed E-state index contributed by atoms with van der Waals surface area (Å²) in [7, 11) is -3.48. The maximum Gasteiger partial charge on any atom is 0.533 e. The summed E-state index contributed by atoms with van der Waals surface area (Å²) in [5.41, 5.74) is 0. The number of carbonyl (C=O) groups excluding carboxylic acids is 3. The normalized spacial score (nSPS) is 15.7. The Morgan fingerprint density at radius 1 is 1.33 bits per heavy atom. The second-order valence-corrected chi connectivity index (χ2v) is 5.37. The Morgan fingerprint density at radius 2 is 1.89 bits per heavy atom. The number of sulfone groups is 1. The van der Waals surface area contributed by atoms with Gasteiger partial charge in [-0.1, -0.05) is 11.6 Å². The summed E-state index contributed by atoms with van der Waals surface area (Å²) in [6.45, 7) is 2.62. The molecule has 0 bridgehead atoms. The third kappa shape index (κ3) is 3.84. The van der Waals surface area contributed by atoms with E-state index in [0.29, 0.717) is 5.06 Å². The zero-order valence-electron chi connectivity index (χ0n) is 9.33. The van der Waals surface area contributed by atoms with Crippen molar-refractivity contribution >= 4 is 27.8 Å². The molecule has 1 saturated heterocycles. The topological polar surface area (TPSA) is 107 Å². The third-order valence-corrected chi connectivity index (χ3v) is 3.26. The van der Waals surface area contributed by atoms with Crippen LogP contribution in [0.3, 0.4) is 0 Å². The van der Waals surface area contributed by atoms with Crippen molar-refractivity contribution in [3.05, 3.63) is 12.0 Å². The molecule has 0 atom stereocenters. The van der Waals surface area contributed by atoms with Gasteiger partial charge in [0, 0.05) is 18.2 Å². The standard InChI is InChI=1S/C9H11NO7S/c1-2-18(14,15)6-5-16-9(13)17-10-7(11)3-4-8(10)12/h2H,1,3-6H2. The maximum absolute atomic E-state index is 11.1. The molecule has 0 aromatic heterocycles. The monoisotopic (exact) mass is 277 g/mol. The Kier molecular flexibility index (Phi) is 4.43. The molecule has 0 aromatic rings. The summed E-state index contributed by atoms with van der Waals surface area (Å²) in [4.78, 5) is 37.5. The molecule has 0 saturated carbocycles. The van der Waals surface area contributed by atoms with E-state index in [0.717, 1.165) is 5.41 Å². The maximum atomic E-state index is 11.1. The van der Waals surface area contributed by atoms with Gasteiger partial charge in [-0.3, -0.25) is 14.4 Å². The Bertz CT molecular complexity index is 465. The van der Waals surface area contributed by atoms with Crippen molar-refractivity contribution in [3.8, 4) is 0 Å². The Hall–Kier alpha value is -1.90. The van der Waals surface area contributed by atoms with Gasteiger partial charge < -0.3 is 4.74 Å². The summed E-state index contributed by atoms with van der Waals surface area (Å²) in [5, 5.41) is 1.04. The number of hydroxylamine groups is 2. The molecule has 8 nitrogen and oxygen atoms in total. The van der Waals surface area contributed by atoms with Crippen LogP contribution in [0.15, 0.2) is 12.0 Å². The smallest absolute Gasteiger partial charge is 0.432 e. The molecule has 2 amide bonds. The van der Waals surface area contributed by atoms with Gasteiger partial charge in [-0.15, -0.1) is 0 Å². The molecule has 0 aromatic carbocycles. The summed E-state index contributed by atoms with van der Waals surface area (Å²) in [6, 6.07) is 0. The van der Waals surface area contributed by atoms with Crippen LogP contribution in [0.5, 0.6) is 0 Å². The van der Waals surface area contributed by atoms with E-state index in [9.17, 15) is 22.8 Å². The first-order valence-electron chi connectivity index (χ1n) is 4.91. The number of hydrogen-bond acceptors (Lipinski definition) is 7. The molecular weight excluding hydrogens is 266 g/mol. The predicted octanol–water partition coefficient (Wildman–Crippen LogP) is -0.238. The van der Waals surface area contributed by atoms with Gasteiger partial charge in [-0.2, -0.15) is 0 Å². The highest BCUT2D eigenvalue weighted by Crippen LogP contribution is 2.12. The highest BCUT2D eigenvalue weighted by molar-refractivity contribution is 7.94. The van der Waals surface area contributed by atoms with Crippen LogP contribution in [0.25, 0.3) is 0 Å². The van der Waals surface area contributed by atoms with Crippen molar-refractivity contribution < 1.29 is 32.4 Å². The molecular formula is C9H11NO7S. The molecule has 0 N–H and O–H groups in total. The third-order valence-electron chi connectivity index (χ3n) is 2.01. The van der Waals surface area contributed by atoms with E-state index in [1.807, 2.05) is 0 Å². The van der Waals surface area contributed by atoms with E-state index in [4.69, 9.17) is 0 Å². The molecule has 1 fully saturated rings. The molecule has 18 heavy (non-hydrogen) atoms. The number of amides is 2. The average molecular weight is 277 g/mol. The van der Waals surface area contributed by atoms with Gasteiger partial charge >= 0.3 is 6.16 Å². The van der Waals surface area contributed by atoms with E-state index in [1.54, 1.807) is 0 Å². The predicted molar refractivity (Wildman–Crippen MR) is 57.5 cm³/mol. The van der Waals surface area contributed by atoms with Crippen LogP contribution in [-0.4, -0.2) is 43.8 Å². The van der Waals surface area contributed by atoms with Crippen molar-refractivity contribution in [1.29, 1.82) is 0 Å². The Balaban J connectivity index is 2.36. The zero-order chi connectivity index (χ0) is 13.8. The summed E-state index contributed by atoms with van der Waals surface area (Å²) >= 11 is 0. The van der Waals surface area contributed by atoms with Crippen LogP contribution >= 0.6 is 0 Å². The van der Waals surface area contributed by atoms with Crippen LogP contribution < -0.4 is 0 Å². The van der Waals surface area contributed by atoms with Gasteiger partial charge in [0.2, 0.25) is 0 Å². The fourth-order valence-corrected chi connectivity index (χ4v) is 1.57. The van der Waals surface area contributed by atoms with E-state index < -0.39 is 40.2 Å². The van der Waals surface area contributed by atoms with Crippen LogP contribution in [0.1, 0.15) is 12.8 Å². The van der Waals surface area contributed by atoms with E-state index in [1.165, 1.54) is 0 Å². The van der Waals surface area contributed by atoms with E-state index >= 15 is 0 Å². The molecule has 100 valence electrons. The fourth-order valence-electron chi connectivity index (χ4n) is 1.08. The molecule has 1 aliphatic rings. The van der Waals surface area contributed by atoms with Crippen LogP contribution in [0.4, 0.5) is 4.79 Å². The van der Waals surface area contributed by atoms with Gasteiger partial charge in [-0.25, -0.2) is 13.2 Å². The van der Waals surface area contributed by atoms with Gasteiger partial charge in [0.1, 0.15) is 6.61 Å². The quantitative estimate of drug-likeness (QED) is 0.504. The lowest BCUT2D eigenvalue weighted by molar-refractivity contribution is -0.176. The lowest BCUT2D eigenvalue weighted by Gasteiger charge is -2.11. The first-order valence-corrected chi connectivity index (χ1v) is 6.63. The number of rotatable bonds is 5. The minimum atomic E-state index is -3.48. The van der Waals surface area contributed by atoms with Crippen molar-refractivity contribution in [1.82, 2.24) is 5.06 Å². The van der Waals surface area contributed by atoms with Gasteiger partial charge in [0.25, 0.3) is 11.8 Å². The average Bonchev–Trinajstić information content (AvgIpc) is 2.60. The van der Waals surface area contributed by atoms with Crippen molar-refractivity contribution in [2.75, 3.05) is 12.4 Å². The Labute approximate surface area is 103 Å². The molecule has 1 rings (SSSR count). The summed E-state index contributed by atoms with van der Waals surface area (Å²) < 4.78 is 26.3. The largest absolute Gasteiger partial charge is 0.533 e. The summed E-state index contributed by atoms with van der Waals surface area (Å²) in [5.74, 6) is -1.74. The van der Waals surface area contributed by atoms with Crippen molar-refractivity contribution in [3.63, 3.8) is 0 Å². The number of carbonyl (C=O) groups is 3. The number of ether oxygens (including phenoxy) is 1. The lowest BCUT2D eigenvalue weighted by Crippen LogP contribution is -2.32. The first-order chi connectivity index (χ1) is 8.35. The van der Waals surface area contributed by atoms with E-state index in [2.05, 4.69) is 16.2 Å². The van der Waals surface area contributed by atoms with Crippen molar-refractivity contribution in [2.45, 2.75) is 12.8 Å². The zero-order valence-corrected chi connectivity index (χ0v) is 10.1. The van der Waals surface area contributed by atoms with E-state index in [-0.39, 0.29) is 12.8 Å². The minimum absolute atomic E-state index is 0.0308. The second kappa shape index (κ2) is 5.63. The minimum Gasteiger partial charge on any atom is -0.432 e. The highest BCUT2D eigenvalue weighted by Gasteiger charge is 2.33. The first kappa shape index (κ1) is 14.2. The molecule has 1 aliphatic heterocycles. The summed E-state index contributed by atoms with van der Waals surface area (Å²) in [6.07, 6.45) is -1.37. The second-order valence-electron chi connectivity index (χ2n) is 3.31. The molecule has 0 spiro atoms. The van der Waals surface area contributed by atoms with Gasteiger partial charge in [-0.05, 0) is 0 Å². The Morgan fingerprint density at radius 3 is 2.39 bits per heavy atom. The van der Waals surface area contributed by atoms with Gasteiger partial charge in [0.05, 0.1) is 5.75 Å². The fraction of sp³-hybridized carbons (Fsp3) is 0.444. The van der Waals surface area contributed by atoms with Crippen molar-refractivity contribution in [2.24, 2.45) is 0 Å². The highest BCUT2D eigenvalue weighted by atomic mass is 32.2. The van der Waals surface area contributed by atoms with Crippen LogP contribution in [-0.2, 0) is 29.0 Å². The SMILES string of the molecule is C=CS(=O)(=O)CCOC(=O)ON1C(=O)CCC1=O. The molecule has 0 aliphatic carbocycles. The molecule has 9 heteroatoms. The van der Waals surface area contributed by atoms with Crippen LogP contribution in [0.2, 0.25) is 0 Å². The number of nitrogens with zero attached hydrogens (tertiary/aromatic N) is 1. The van der Waals surface area contributed by atoms with Gasteiger partial charge in [0.15, 0.2) is 9.84 Å². The molecule has 0 radical (unpaired) electrons. The molecule has 1 heterocycles.